The minimum Gasteiger partial charge on any atom is -0.378 e. The van der Waals surface area contributed by atoms with Crippen LogP contribution in [0.2, 0.25) is 0 Å². The Balaban J connectivity index is 1.65. The van der Waals surface area contributed by atoms with Gasteiger partial charge in [0.25, 0.3) is 0 Å². The molecule has 22 heavy (non-hydrogen) atoms. The van der Waals surface area contributed by atoms with Crippen molar-refractivity contribution >= 4 is 5.69 Å². The third kappa shape index (κ3) is 3.79. The standard InChI is InChI=1S/C18H27FN2O/c1-14(20-16-5-3-2-4-6-16)15-7-8-18(17(19)13-15)21-9-11-22-12-10-21/h7-8,13-14,16,20H,2-6,9-12H2,1H3/t14-/m1/s1. The number of anilines is 1. The van der Waals surface area contributed by atoms with Gasteiger partial charge in [-0.2, -0.15) is 0 Å². The van der Waals surface area contributed by atoms with Crippen LogP contribution in [0.3, 0.4) is 0 Å². The van der Waals surface area contributed by atoms with Crippen molar-refractivity contribution in [1.29, 1.82) is 0 Å². The minimum absolute atomic E-state index is 0.114. The van der Waals surface area contributed by atoms with Gasteiger partial charge in [-0.1, -0.05) is 25.3 Å². The number of morpholine rings is 1. The SMILES string of the molecule is C[C@@H](NC1CCCCC1)c1ccc(N2CCOCC2)c(F)c1. The van der Waals surface area contributed by atoms with Crippen LogP contribution in [0.15, 0.2) is 18.2 Å². The maximum Gasteiger partial charge on any atom is 0.146 e. The summed E-state index contributed by atoms with van der Waals surface area (Å²) in [6.45, 7) is 5.04. The van der Waals surface area contributed by atoms with Crippen LogP contribution in [-0.2, 0) is 4.74 Å². The van der Waals surface area contributed by atoms with Gasteiger partial charge in [-0.05, 0) is 37.5 Å². The van der Waals surface area contributed by atoms with Crippen LogP contribution in [0.1, 0.15) is 50.6 Å². The van der Waals surface area contributed by atoms with Gasteiger partial charge < -0.3 is 15.0 Å². The topological polar surface area (TPSA) is 24.5 Å². The van der Waals surface area contributed by atoms with Crippen molar-refractivity contribution in [3.05, 3.63) is 29.6 Å². The third-order valence-corrected chi connectivity index (χ3v) is 4.91. The zero-order valence-electron chi connectivity index (χ0n) is 13.5. The number of hydrogen-bond acceptors (Lipinski definition) is 3. The highest BCUT2D eigenvalue weighted by molar-refractivity contribution is 5.49. The minimum atomic E-state index is -0.114. The first-order valence-electron chi connectivity index (χ1n) is 8.62. The normalized spacial score (nSPS) is 21.8. The quantitative estimate of drug-likeness (QED) is 0.919. The molecule has 1 saturated carbocycles. The van der Waals surface area contributed by atoms with Gasteiger partial charge in [0, 0.05) is 25.2 Å². The van der Waals surface area contributed by atoms with E-state index in [9.17, 15) is 4.39 Å². The molecule has 0 spiro atoms. The lowest BCUT2D eigenvalue weighted by Crippen LogP contribution is -2.37. The summed E-state index contributed by atoms with van der Waals surface area (Å²) in [4.78, 5) is 2.07. The van der Waals surface area contributed by atoms with Gasteiger partial charge in [-0.15, -0.1) is 0 Å². The predicted molar refractivity (Wildman–Crippen MR) is 87.9 cm³/mol. The summed E-state index contributed by atoms with van der Waals surface area (Å²) in [6, 6.07) is 6.48. The molecule has 0 amide bonds. The van der Waals surface area contributed by atoms with Crippen LogP contribution in [0.25, 0.3) is 0 Å². The highest BCUT2D eigenvalue weighted by Crippen LogP contribution is 2.26. The zero-order valence-corrected chi connectivity index (χ0v) is 13.5. The number of halogens is 1. The van der Waals surface area contributed by atoms with E-state index in [-0.39, 0.29) is 11.9 Å². The number of benzene rings is 1. The molecule has 1 aromatic carbocycles. The van der Waals surface area contributed by atoms with E-state index in [0.29, 0.717) is 24.9 Å². The lowest BCUT2D eigenvalue weighted by molar-refractivity contribution is 0.122. The molecule has 0 unspecified atom stereocenters. The summed E-state index contributed by atoms with van der Waals surface area (Å²) in [7, 11) is 0. The van der Waals surface area contributed by atoms with E-state index in [1.54, 1.807) is 6.07 Å². The van der Waals surface area contributed by atoms with Crippen molar-refractivity contribution in [2.45, 2.75) is 51.1 Å². The Kier molecular flexibility index (Phi) is 5.32. The van der Waals surface area contributed by atoms with Crippen LogP contribution in [0.4, 0.5) is 10.1 Å². The molecule has 3 nitrogen and oxygen atoms in total. The molecular weight excluding hydrogens is 279 g/mol. The van der Waals surface area contributed by atoms with E-state index in [2.05, 4.69) is 23.2 Å². The van der Waals surface area contributed by atoms with E-state index in [0.717, 1.165) is 18.7 Å². The molecule has 1 atom stereocenters. The average Bonchev–Trinajstić information content (AvgIpc) is 2.56. The van der Waals surface area contributed by atoms with E-state index in [1.807, 2.05) is 6.07 Å². The Hall–Kier alpha value is -1.13. The van der Waals surface area contributed by atoms with Crippen molar-refractivity contribution in [2.75, 3.05) is 31.2 Å². The van der Waals surface area contributed by atoms with Gasteiger partial charge in [-0.25, -0.2) is 4.39 Å². The Morgan fingerprint density at radius 3 is 2.59 bits per heavy atom. The van der Waals surface area contributed by atoms with Crippen molar-refractivity contribution < 1.29 is 9.13 Å². The second-order valence-corrected chi connectivity index (χ2v) is 6.53. The van der Waals surface area contributed by atoms with Crippen LogP contribution < -0.4 is 10.2 Å². The van der Waals surface area contributed by atoms with Crippen molar-refractivity contribution in [3.8, 4) is 0 Å². The van der Waals surface area contributed by atoms with Gasteiger partial charge in [0.1, 0.15) is 5.82 Å². The van der Waals surface area contributed by atoms with Crippen LogP contribution in [0.5, 0.6) is 0 Å². The smallest absolute Gasteiger partial charge is 0.146 e. The van der Waals surface area contributed by atoms with Gasteiger partial charge in [-0.3, -0.25) is 0 Å². The fourth-order valence-electron chi connectivity index (χ4n) is 3.57. The van der Waals surface area contributed by atoms with E-state index in [1.165, 1.54) is 32.1 Å². The number of ether oxygens (including phenoxy) is 1. The largest absolute Gasteiger partial charge is 0.378 e. The number of hydrogen-bond donors (Lipinski definition) is 1. The zero-order chi connectivity index (χ0) is 15.4. The second-order valence-electron chi connectivity index (χ2n) is 6.53. The number of nitrogens with one attached hydrogen (secondary N) is 1. The van der Waals surface area contributed by atoms with Crippen LogP contribution >= 0.6 is 0 Å². The lowest BCUT2D eigenvalue weighted by Gasteiger charge is -2.30. The monoisotopic (exact) mass is 306 g/mol. The molecule has 1 aliphatic carbocycles. The predicted octanol–water partition coefficient (Wildman–Crippen LogP) is 3.65. The van der Waals surface area contributed by atoms with Gasteiger partial charge in [0.15, 0.2) is 0 Å². The van der Waals surface area contributed by atoms with Crippen molar-refractivity contribution in [1.82, 2.24) is 5.32 Å². The molecule has 1 aliphatic heterocycles. The lowest BCUT2D eigenvalue weighted by atomic mass is 9.94. The molecule has 2 aliphatic rings. The molecule has 1 heterocycles. The molecule has 1 saturated heterocycles. The first kappa shape index (κ1) is 15.8. The van der Waals surface area contributed by atoms with E-state index < -0.39 is 0 Å². The third-order valence-electron chi connectivity index (χ3n) is 4.91. The highest BCUT2D eigenvalue weighted by Gasteiger charge is 2.19. The molecule has 1 aromatic rings. The van der Waals surface area contributed by atoms with Crippen molar-refractivity contribution in [2.24, 2.45) is 0 Å². The van der Waals surface area contributed by atoms with Gasteiger partial charge in [0.05, 0.1) is 18.9 Å². The maximum atomic E-state index is 14.5. The first-order valence-corrected chi connectivity index (χ1v) is 8.62. The summed E-state index contributed by atoms with van der Waals surface area (Å²) < 4.78 is 19.8. The maximum absolute atomic E-state index is 14.5. The Morgan fingerprint density at radius 1 is 1.18 bits per heavy atom. The molecule has 2 fully saturated rings. The highest BCUT2D eigenvalue weighted by atomic mass is 19.1. The summed E-state index contributed by atoms with van der Waals surface area (Å²) >= 11 is 0. The molecule has 4 heteroatoms. The number of nitrogens with zero attached hydrogens (tertiary/aromatic N) is 1. The summed E-state index contributed by atoms with van der Waals surface area (Å²) in [5.74, 6) is -0.114. The van der Waals surface area contributed by atoms with Crippen LogP contribution in [-0.4, -0.2) is 32.3 Å². The molecule has 0 radical (unpaired) electrons. The summed E-state index contributed by atoms with van der Waals surface area (Å²) in [6.07, 6.45) is 6.48. The summed E-state index contributed by atoms with van der Waals surface area (Å²) in [5.41, 5.74) is 1.75. The summed E-state index contributed by atoms with van der Waals surface area (Å²) in [5, 5.41) is 3.66. The van der Waals surface area contributed by atoms with Gasteiger partial charge >= 0.3 is 0 Å². The Labute approximate surface area is 132 Å². The van der Waals surface area contributed by atoms with E-state index >= 15 is 0 Å². The van der Waals surface area contributed by atoms with Crippen LogP contribution in [0, 0.1) is 5.82 Å². The Bertz CT molecular complexity index is 482. The Morgan fingerprint density at radius 2 is 1.91 bits per heavy atom. The fraction of sp³-hybridized carbons (Fsp3) is 0.667. The van der Waals surface area contributed by atoms with Crippen molar-refractivity contribution in [3.63, 3.8) is 0 Å². The van der Waals surface area contributed by atoms with E-state index in [4.69, 9.17) is 4.74 Å². The molecule has 0 aromatic heterocycles. The number of rotatable bonds is 4. The van der Waals surface area contributed by atoms with Gasteiger partial charge in [0.2, 0.25) is 0 Å². The fourth-order valence-corrected chi connectivity index (χ4v) is 3.57. The second kappa shape index (κ2) is 7.42. The molecule has 0 bridgehead atoms. The average molecular weight is 306 g/mol. The molecule has 122 valence electrons. The first-order chi connectivity index (χ1) is 10.7. The molecule has 1 N–H and O–H groups in total. The molecule has 3 rings (SSSR count). The molecular formula is C18H27FN2O.